The van der Waals surface area contributed by atoms with Crippen LogP contribution < -0.4 is 9.47 Å². The highest BCUT2D eigenvalue weighted by atomic mass is 16.5. The molecule has 4 heteroatoms. The average molecular weight is 235 g/mol. The van der Waals surface area contributed by atoms with E-state index >= 15 is 0 Å². The van der Waals surface area contributed by atoms with Gasteiger partial charge in [0, 0.05) is 18.4 Å². The maximum atomic E-state index is 11.6. The van der Waals surface area contributed by atoms with Crippen LogP contribution in [-0.2, 0) is 0 Å². The van der Waals surface area contributed by atoms with Crippen LogP contribution >= 0.6 is 0 Å². The van der Waals surface area contributed by atoms with Gasteiger partial charge in [0.25, 0.3) is 0 Å². The Bertz CT molecular complexity index is 425. The van der Waals surface area contributed by atoms with Crippen molar-refractivity contribution < 1.29 is 14.2 Å². The van der Waals surface area contributed by atoms with E-state index < -0.39 is 0 Å². The van der Waals surface area contributed by atoms with E-state index in [1.807, 2.05) is 25.1 Å². The number of methoxy groups -OCH3 is 1. The molecule has 0 unspecified atom stereocenters. The Hall–Kier alpha value is -1.71. The minimum absolute atomic E-state index is 0.174. The molecule has 17 heavy (non-hydrogen) atoms. The van der Waals surface area contributed by atoms with E-state index in [4.69, 9.17) is 9.47 Å². The minimum atomic E-state index is 0.174. The van der Waals surface area contributed by atoms with Crippen LogP contribution in [0, 0.1) is 5.21 Å². The lowest BCUT2D eigenvalue weighted by Gasteiger charge is -2.09. The molecular weight excluding hydrogens is 218 g/mol. The van der Waals surface area contributed by atoms with Crippen molar-refractivity contribution in [1.29, 1.82) is 0 Å². The number of hydrogen-bond acceptors (Lipinski definition) is 3. The largest absolute Gasteiger partial charge is 0.624 e. The summed E-state index contributed by atoms with van der Waals surface area (Å²) in [6, 6.07) is 5.68. The Morgan fingerprint density at radius 2 is 2.18 bits per heavy atom. The SMILES string of the molecule is CCOc1cc(C=[N+]([O-])C2CC2)ccc1OC. The van der Waals surface area contributed by atoms with E-state index in [0.29, 0.717) is 18.1 Å². The molecule has 0 N–H and O–H groups in total. The Balaban J connectivity index is 2.23. The molecule has 0 saturated heterocycles. The van der Waals surface area contributed by atoms with Gasteiger partial charge < -0.3 is 14.7 Å². The van der Waals surface area contributed by atoms with Crippen molar-refractivity contribution in [2.75, 3.05) is 13.7 Å². The molecule has 0 aliphatic heterocycles. The summed E-state index contributed by atoms with van der Waals surface area (Å²) in [4.78, 5) is 0. The fraction of sp³-hybridized carbons (Fsp3) is 0.462. The first kappa shape index (κ1) is 11.8. The Morgan fingerprint density at radius 3 is 2.76 bits per heavy atom. The molecule has 1 aliphatic rings. The van der Waals surface area contributed by atoms with E-state index in [0.717, 1.165) is 23.1 Å². The quantitative estimate of drug-likeness (QED) is 0.340. The molecule has 4 nitrogen and oxygen atoms in total. The van der Waals surface area contributed by atoms with Gasteiger partial charge >= 0.3 is 0 Å². The lowest BCUT2D eigenvalue weighted by Crippen LogP contribution is -2.08. The molecule has 1 aromatic rings. The van der Waals surface area contributed by atoms with E-state index in [1.54, 1.807) is 13.3 Å². The van der Waals surface area contributed by atoms with Crippen LogP contribution in [0.25, 0.3) is 0 Å². The van der Waals surface area contributed by atoms with Gasteiger partial charge in [-0.15, -0.1) is 0 Å². The second-order valence-corrected chi connectivity index (χ2v) is 4.06. The van der Waals surface area contributed by atoms with Gasteiger partial charge in [0.2, 0.25) is 0 Å². The monoisotopic (exact) mass is 235 g/mol. The third-order valence-electron chi connectivity index (χ3n) is 2.67. The second kappa shape index (κ2) is 5.08. The van der Waals surface area contributed by atoms with Crippen molar-refractivity contribution in [2.45, 2.75) is 25.8 Å². The van der Waals surface area contributed by atoms with Gasteiger partial charge in [0.05, 0.1) is 13.7 Å². The van der Waals surface area contributed by atoms with Crippen molar-refractivity contribution in [3.05, 3.63) is 29.0 Å². The summed E-state index contributed by atoms with van der Waals surface area (Å²) in [5.41, 5.74) is 0.844. The molecule has 0 aromatic heterocycles. The highest BCUT2D eigenvalue weighted by Gasteiger charge is 2.29. The summed E-state index contributed by atoms with van der Waals surface area (Å²) in [6.45, 7) is 2.49. The zero-order valence-electron chi connectivity index (χ0n) is 10.2. The molecule has 1 aliphatic carbocycles. The topological polar surface area (TPSA) is 44.5 Å². The maximum Gasteiger partial charge on any atom is 0.182 e. The summed E-state index contributed by atoms with van der Waals surface area (Å²) < 4.78 is 11.7. The average Bonchev–Trinajstić information content (AvgIpc) is 3.13. The Labute approximate surface area is 101 Å². The van der Waals surface area contributed by atoms with Crippen LogP contribution in [0.1, 0.15) is 25.3 Å². The third kappa shape index (κ3) is 2.90. The summed E-state index contributed by atoms with van der Waals surface area (Å²) >= 11 is 0. The van der Waals surface area contributed by atoms with Gasteiger partial charge in [-0.2, -0.15) is 0 Å². The molecule has 92 valence electrons. The lowest BCUT2D eigenvalue weighted by atomic mass is 10.2. The van der Waals surface area contributed by atoms with E-state index in [1.165, 1.54) is 0 Å². The maximum absolute atomic E-state index is 11.6. The van der Waals surface area contributed by atoms with Crippen molar-refractivity contribution >= 4 is 6.21 Å². The zero-order valence-corrected chi connectivity index (χ0v) is 10.2. The van der Waals surface area contributed by atoms with Crippen molar-refractivity contribution in [1.82, 2.24) is 0 Å². The number of hydroxylamine groups is 1. The zero-order chi connectivity index (χ0) is 12.3. The summed E-state index contributed by atoms with van der Waals surface area (Å²) in [5, 5.41) is 11.6. The standard InChI is InChI=1S/C13H17NO3/c1-3-17-13-8-10(4-7-12(13)16-2)9-14(15)11-5-6-11/h4,7-9,11H,3,5-6H2,1-2H3. The van der Waals surface area contributed by atoms with Crippen LogP contribution in [0.2, 0.25) is 0 Å². The highest BCUT2D eigenvalue weighted by Crippen LogP contribution is 2.28. The molecular formula is C13H17NO3. The van der Waals surface area contributed by atoms with E-state index in [2.05, 4.69) is 0 Å². The summed E-state index contributed by atoms with van der Waals surface area (Å²) in [7, 11) is 1.60. The number of rotatable bonds is 5. The molecule has 1 fully saturated rings. The first-order valence-electron chi connectivity index (χ1n) is 5.85. The predicted molar refractivity (Wildman–Crippen MR) is 66.0 cm³/mol. The molecule has 2 rings (SSSR count). The molecule has 1 saturated carbocycles. The van der Waals surface area contributed by atoms with Crippen LogP contribution in [0.4, 0.5) is 0 Å². The molecule has 1 aromatic carbocycles. The summed E-state index contributed by atoms with van der Waals surface area (Å²) in [6.07, 6.45) is 3.60. The first-order chi connectivity index (χ1) is 8.24. The number of benzene rings is 1. The smallest absolute Gasteiger partial charge is 0.182 e. The summed E-state index contributed by atoms with van der Waals surface area (Å²) in [5.74, 6) is 1.36. The predicted octanol–water partition coefficient (Wildman–Crippen LogP) is 2.19. The Kier molecular flexibility index (Phi) is 3.52. The molecule has 0 radical (unpaired) electrons. The molecule has 0 heterocycles. The van der Waals surface area contributed by atoms with E-state index in [9.17, 15) is 5.21 Å². The van der Waals surface area contributed by atoms with Gasteiger partial charge in [-0.05, 0) is 25.1 Å². The third-order valence-corrected chi connectivity index (χ3v) is 2.67. The van der Waals surface area contributed by atoms with E-state index in [-0.39, 0.29) is 6.04 Å². The number of nitrogens with zero attached hydrogens (tertiary/aromatic N) is 1. The van der Waals surface area contributed by atoms with Gasteiger partial charge in [-0.25, -0.2) is 4.74 Å². The Morgan fingerprint density at radius 1 is 1.41 bits per heavy atom. The highest BCUT2D eigenvalue weighted by molar-refractivity contribution is 5.77. The fourth-order valence-corrected chi connectivity index (χ4v) is 1.62. The van der Waals surface area contributed by atoms with Crippen LogP contribution in [0.3, 0.4) is 0 Å². The molecule has 0 spiro atoms. The van der Waals surface area contributed by atoms with Crippen LogP contribution in [-0.4, -0.2) is 30.7 Å². The number of hydrogen-bond donors (Lipinski definition) is 0. The molecule has 0 atom stereocenters. The van der Waals surface area contributed by atoms with Gasteiger partial charge in [0.15, 0.2) is 23.8 Å². The molecule has 0 amide bonds. The lowest BCUT2D eigenvalue weighted by molar-refractivity contribution is -0.467. The minimum Gasteiger partial charge on any atom is -0.624 e. The van der Waals surface area contributed by atoms with Gasteiger partial charge in [-0.3, -0.25) is 0 Å². The fourth-order valence-electron chi connectivity index (χ4n) is 1.62. The van der Waals surface area contributed by atoms with Crippen LogP contribution in [0.15, 0.2) is 18.2 Å². The van der Waals surface area contributed by atoms with Crippen molar-refractivity contribution in [2.24, 2.45) is 0 Å². The second-order valence-electron chi connectivity index (χ2n) is 4.06. The normalized spacial score (nSPS) is 15.8. The van der Waals surface area contributed by atoms with Crippen molar-refractivity contribution in [3.63, 3.8) is 0 Å². The molecule has 0 bridgehead atoms. The van der Waals surface area contributed by atoms with Gasteiger partial charge in [-0.1, -0.05) is 0 Å². The van der Waals surface area contributed by atoms with Gasteiger partial charge in [0.1, 0.15) is 0 Å². The first-order valence-corrected chi connectivity index (χ1v) is 5.85. The van der Waals surface area contributed by atoms with Crippen molar-refractivity contribution in [3.8, 4) is 11.5 Å². The number of ether oxygens (including phenoxy) is 2. The van der Waals surface area contributed by atoms with Crippen LogP contribution in [0.5, 0.6) is 11.5 Å².